The van der Waals surface area contributed by atoms with Gasteiger partial charge in [-0.15, -0.1) is 0 Å². The molecule has 2 fully saturated rings. The first-order valence-corrected chi connectivity index (χ1v) is 7.53. The molecule has 0 aliphatic carbocycles. The molecule has 2 heterocycles. The van der Waals surface area contributed by atoms with Gasteiger partial charge in [-0.25, -0.2) is 0 Å². The molecule has 2 saturated heterocycles. The number of carbonyl (C=O) groups excluding carboxylic acids is 4. The molecule has 4 N–H and O–H groups in total. The molecule has 0 radical (unpaired) electrons. The maximum absolute atomic E-state index is 12.4. The van der Waals surface area contributed by atoms with E-state index in [1.165, 1.54) is 18.7 Å². The molecule has 0 aromatic carbocycles. The zero-order chi connectivity index (χ0) is 17.4. The number of aliphatic hydroxyl groups is 1. The van der Waals surface area contributed by atoms with Gasteiger partial charge in [0.15, 0.2) is 0 Å². The Morgan fingerprint density at radius 2 is 2.09 bits per heavy atom. The number of hydrogen-bond acceptors (Lipinski definition) is 5. The van der Waals surface area contributed by atoms with Crippen LogP contribution in [-0.4, -0.2) is 75.9 Å². The number of nitrogens with two attached hydrogens (primary N) is 1. The number of carbonyl (C=O) groups is 4. The van der Waals surface area contributed by atoms with Gasteiger partial charge in [-0.2, -0.15) is 0 Å². The van der Waals surface area contributed by atoms with Crippen molar-refractivity contribution in [3.05, 3.63) is 0 Å². The van der Waals surface area contributed by atoms with Gasteiger partial charge in [-0.05, 0) is 19.8 Å². The van der Waals surface area contributed by atoms with E-state index >= 15 is 0 Å². The van der Waals surface area contributed by atoms with Gasteiger partial charge in [0.1, 0.15) is 11.6 Å². The summed E-state index contributed by atoms with van der Waals surface area (Å²) in [7, 11) is 0. The van der Waals surface area contributed by atoms with Crippen LogP contribution in [0, 0.1) is 0 Å². The third-order valence-electron chi connectivity index (χ3n) is 4.45. The summed E-state index contributed by atoms with van der Waals surface area (Å²) in [6.07, 6.45) is 0.232. The second kappa shape index (κ2) is 6.15. The Morgan fingerprint density at radius 1 is 1.43 bits per heavy atom. The number of nitrogens with one attached hydrogen (secondary N) is 1. The summed E-state index contributed by atoms with van der Waals surface area (Å²) in [5.41, 5.74) is 4.29. The number of amides is 4. The van der Waals surface area contributed by atoms with Crippen molar-refractivity contribution in [1.82, 2.24) is 15.1 Å². The summed E-state index contributed by atoms with van der Waals surface area (Å²) in [5.74, 6) is -1.83. The molecule has 9 heteroatoms. The maximum Gasteiger partial charge on any atom is 0.250 e. The van der Waals surface area contributed by atoms with Crippen LogP contribution in [0.4, 0.5) is 0 Å². The molecule has 3 atom stereocenters. The molecule has 2 rings (SSSR count). The van der Waals surface area contributed by atoms with Crippen LogP contribution in [0.15, 0.2) is 0 Å². The van der Waals surface area contributed by atoms with E-state index in [9.17, 15) is 24.3 Å². The van der Waals surface area contributed by atoms with Crippen LogP contribution in [0.3, 0.4) is 0 Å². The fourth-order valence-electron chi connectivity index (χ4n) is 3.33. The Morgan fingerprint density at radius 3 is 2.57 bits per heavy atom. The lowest BCUT2D eigenvalue weighted by Crippen LogP contribution is -2.73. The average molecular weight is 326 g/mol. The van der Waals surface area contributed by atoms with Crippen molar-refractivity contribution in [3.8, 4) is 0 Å². The molecule has 1 spiro atoms. The van der Waals surface area contributed by atoms with E-state index in [1.54, 1.807) is 4.90 Å². The topological polar surface area (TPSA) is 133 Å². The highest BCUT2D eigenvalue weighted by molar-refractivity contribution is 5.99. The van der Waals surface area contributed by atoms with Gasteiger partial charge in [-0.3, -0.25) is 19.2 Å². The van der Waals surface area contributed by atoms with Gasteiger partial charge in [0, 0.05) is 13.5 Å². The maximum atomic E-state index is 12.4. The molecule has 0 bridgehead atoms. The monoisotopic (exact) mass is 326 g/mol. The minimum Gasteiger partial charge on any atom is -0.391 e. The van der Waals surface area contributed by atoms with Gasteiger partial charge >= 0.3 is 0 Å². The van der Waals surface area contributed by atoms with Gasteiger partial charge in [0.2, 0.25) is 17.7 Å². The van der Waals surface area contributed by atoms with E-state index in [0.717, 1.165) is 6.42 Å². The normalized spacial score (nSPS) is 26.0. The van der Waals surface area contributed by atoms with E-state index in [4.69, 9.17) is 5.73 Å². The Balaban J connectivity index is 1.94. The van der Waals surface area contributed by atoms with Gasteiger partial charge in [0.25, 0.3) is 5.91 Å². The molecule has 2 aliphatic rings. The third kappa shape index (κ3) is 3.00. The molecule has 3 unspecified atom stereocenters. The van der Waals surface area contributed by atoms with Crippen LogP contribution in [0.1, 0.15) is 26.7 Å². The van der Waals surface area contributed by atoms with Crippen molar-refractivity contribution in [2.45, 2.75) is 44.4 Å². The number of rotatable bonds is 5. The van der Waals surface area contributed by atoms with E-state index in [0.29, 0.717) is 19.5 Å². The molecule has 0 aromatic heterocycles. The number of primary amides is 1. The predicted molar refractivity (Wildman–Crippen MR) is 78.7 cm³/mol. The highest BCUT2D eigenvalue weighted by Gasteiger charge is 2.59. The van der Waals surface area contributed by atoms with E-state index in [2.05, 4.69) is 5.32 Å². The molecule has 2 aliphatic heterocycles. The van der Waals surface area contributed by atoms with Crippen molar-refractivity contribution in [2.75, 3.05) is 19.6 Å². The molecule has 0 saturated carbocycles. The largest absolute Gasteiger partial charge is 0.391 e. The second-order valence-electron chi connectivity index (χ2n) is 6.16. The Labute approximate surface area is 133 Å². The Bertz CT molecular complexity index is 549. The van der Waals surface area contributed by atoms with Crippen LogP contribution < -0.4 is 11.1 Å². The molecule has 0 aromatic rings. The quantitative estimate of drug-likeness (QED) is 0.483. The highest BCUT2D eigenvalue weighted by atomic mass is 16.3. The molecule has 4 amide bonds. The van der Waals surface area contributed by atoms with Crippen LogP contribution in [0.25, 0.3) is 0 Å². The number of likely N-dealkylation sites (tertiary alicyclic amines) is 2. The number of hydrogen-bond donors (Lipinski definition) is 3. The summed E-state index contributed by atoms with van der Waals surface area (Å²) >= 11 is 0. The van der Waals surface area contributed by atoms with Crippen molar-refractivity contribution in [3.63, 3.8) is 0 Å². The minimum atomic E-state index is -1.20. The smallest absolute Gasteiger partial charge is 0.250 e. The van der Waals surface area contributed by atoms with Crippen LogP contribution >= 0.6 is 0 Å². The van der Waals surface area contributed by atoms with Crippen molar-refractivity contribution >= 4 is 23.6 Å². The van der Waals surface area contributed by atoms with E-state index in [1.807, 2.05) is 0 Å². The first kappa shape index (κ1) is 17.2. The lowest BCUT2D eigenvalue weighted by molar-refractivity contribution is -0.168. The fourth-order valence-corrected chi connectivity index (χ4v) is 3.33. The lowest BCUT2D eigenvalue weighted by atomic mass is 9.85. The van der Waals surface area contributed by atoms with E-state index in [-0.39, 0.29) is 18.4 Å². The van der Waals surface area contributed by atoms with Crippen LogP contribution in [0.5, 0.6) is 0 Å². The standard InChI is InChI=1S/C14H22N4O5/c1-8(19)11(12(15)22)16-10(21)6-17-7-14(13(17)23)4-3-5-18(14)9(2)20/h8,11,19H,3-7H2,1-2H3,(H2,15,22)(H,16,21). The average Bonchev–Trinajstić information content (AvgIpc) is 2.90. The molecule has 9 nitrogen and oxygen atoms in total. The molecule has 128 valence electrons. The molecular weight excluding hydrogens is 304 g/mol. The first-order chi connectivity index (χ1) is 10.7. The van der Waals surface area contributed by atoms with Crippen molar-refractivity contribution in [1.29, 1.82) is 0 Å². The number of β-lactam (4-membered cyclic amide) rings is 1. The first-order valence-electron chi connectivity index (χ1n) is 7.53. The Kier molecular flexibility index (Phi) is 4.60. The summed E-state index contributed by atoms with van der Waals surface area (Å²) in [4.78, 5) is 50.0. The number of aliphatic hydroxyl groups excluding tert-OH is 1. The Hall–Kier alpha value is -2.16. The summed E-state index contributed by atoms with van der Waals surface area (Å²) in [6, 6.07) is -1.20. The highest BCUT2D eigenvalue weighted by Crippen LogP contribution is 2.38. The van der Waals surface area contributed by atoms with Crippen molar-refractivity contribution < 1.29 is 24.3 Å². The zero-order valence-corrected chi connectivity index (χ0v) is 13.2. The van der Waals surface area contributed by atoms with Crippen LogP contribution in [-0.2, 0) is 19.2 Å². The predicted octanol–water partition coefficient (Wildman–Crippen LogP) is -2.44. The fraction of sp³-hybridized carbons (Fsp3) is 0.714. The summed E-state index contributed by atoms with van der Waals surface area (Å²) in [6.45, 7) is 3.38. The van der Waals surface area contributed by atoms with Gasteiger partial charge < -0.3 is 26.0 Å². The summed E-state index contributed by atoms with van der Waals surface area (Å²) < 4.78 is 0. The molecule has 23 heavy (non-hydrogen) atoms. The SMILES string of the molecule is CC(=O)N1CCCC12CN(CC(=O)NC(C(N)=O)C(C)O)C2=O. The third-order valence-corrected chi connectivity index (χ3v) is 4.45. The van der Waals surface area contributed by atoms with Gasteiger partial charge in [0.05, 0.1) is 19.2 Å². The van der Waals surface area contributed by atoms with Crippen molar-refractivity contribution in [2.24, 2.45) is 5.73 Å². The van der Waals surface area contributed by atoms with Gasteiger partial charge in [-0.1, -0.05) is 0 Å². The molecular formula is C14H22N4O5. The second-order valence-corrected chi connectivity index (χ2v) is 6.16. The number of nitrogens with zero attached hydrogens (tertiary/aromatic N) is 2. The minimum absolute atomic E-state index is 0.150. The lowest BCUT2D eigenvalue weighted by Gasteiger charge is -2.50. The zero-order valence-electron chi connectivity index (χ0n) is 13.2. The van der Waals surface area contributed by atoms with E-state index < -0.39 is 29.5 Å². The summed E-state index contributed by atoms with van der Waals surface area (Å²) in [5, 5.41) is 11.7. The van der Waals surface area contributed by atoms with Crippen LogP contribution in [0.2, 0.25) is 0 Å².